The third-order valence-corrected chi connectivity index (χ3v) is 6.14. The zero-order chi connectivity index (χ0) is 20.9. The Morgan fingerprint density at radius 2 is 1.16 bits per heavy atom. The average Bonchev–Trinajstić information content (AvgIpc) is 2.82. The van der Waals surface area contributed by atoms with Crippen LogP contribution in [0.15, 0.2) is 103 Å². The number of phenols is 1. The summed E-state index contributed by atoms with van der Waals surface area (Å²) in [6.45, 7) is 0. The summed E-state index contributed by atoms with van der Waals surface area (Å²) in [5.41, 5.74) is 3.28. The van der Waals surface area contributed by atoms with Crippen LogP contribution >= 0.6 is 0 Å². The van der Waals surface area contributed by atoms with E-state index in [4.69, 9.17) is 0 Å². The highest BCUT2D eigenvalue weighted by Crippen LogP contribution is 2.40. The van der Waals surface area contributed by atoms with Gasteiger partial charge in [0, 0.05) is 5.56 Å². The first-order valence-electron chi connectivity index (χ1n) is 10.3. The molecule has 0 unspecified atom stereocenters. The van der Waals surface area contributed by atoms with Crippen LogP contribution in [0.1, 0.15) is 15.9 Å². The number of para-hydroxylation sites is 1. The van der Waals surface area contributed by atoms with E-state index in [-0.39, 0.29) is 11.5 Å². The topological polar surface area (TPSA) is 37.3 Å². The lowest BCUT2D eigenvalue weighted by molar-refractivity contribution is 0.103. The monoisotopic (exact) mass is 398 g/mol. The van der Waals surface area contributed by atoms with Gasteiger partial charge < -0.3 is 5.11 Å². The van der Waals surface area contributed by atoms with Crippen LogP contribution in [0.2, 0.25) is 0 Å². The molecule has 2 nitrogen and oxygen atoms in total. The molecule has 6 aromatic carbocycles. The molecule has 0 aliphatic carbocycles. The van der Waals surface area contributed by atoms with E-state index in [1.54, 1.807) is 24.3 Å². The van der Waals surface area contributed by atoms with Crippen molar-refractivity contribution in [3.63, 3.8) is 0 Å². The van der Waals surface area contributed by atoms with Crippen molar-refractivity contribution >= 4 is 38.1 Å². The van der Waals surface area contributed by atoms with E-state index in [1.807, 2.05) is 24.3 Å². The maximum Gasteiger partial charge on any atom is 0.197 e. The van der Waals surface area contributed by atoms with Gasteiger partial charge in [0.2, 0.25) is 0 Å². The van der Waals surface area contributed by atoms with Crippen LogP contribution in [0.4, 0.5) is 0 Å². The predicted octanol–water partition coefficient (Wildman–Crippen LogP) is 7.19. The summed E-state index contributed by atoms with van der Waals surface area (Å²) >= 11 is 0. The van der Waals surface area contributed by atoms with Crippen molar-refractivity contribution in [2.24, 2.45) is 0 Å². The minimum absolute atomic E-state index is 0.00422. The van der Waals surface area contributed by atoms with Crippen LogP contribution in [0.3, 0.4) is 0 Å². The van der Waals surface area contributed by atoms with Crippen LogP contribution < -0.4 is 0 Å². The van der Waals surface area contributed by atoms with Crippen LogP contribution in [0, 0.1) is 0 Å². The molecule has 0 saturated heterocycles. The van der Waals surface area contributed by atoms with Crippen molar-refractivity contribution < 1.29 is 9.90 Å². The molecule has 0 spiro atoms. The molecule has 31 heavy (non-hydrogen) atoms. The maximum atomic E-state index is 13.3. The first-order valence-corrected chi connectivity index (χ1v) is 10.3. The molecule has 6 aromatic rings. The molecule has 146 valence electrons. The molecule has 2 heteroatoms. The fraction of sp³-hybridized carbons (Fsp3) is 0. The highest BCUT2D eigenvalue weighted by Gasteiger charge is 2.19. The number of benzene rings is 6. The molecule has 0 radical (unpaired) electrons. The molecule has 0 amide bonds. The lowest BCUT2D eigenvalue weighted by atomic mass is 9.87. The third kappa shape index (κ3) is 2.62. The van der Waals surface area contributed by atoms with Gasteiger partial charge in [0.15, 0.2) is 5.78 Å². The number of ketones is 1. The molecular formula is C29H18O2. The van der Waals surface area contributed by atoms with Crippen LogP contribution in [-0.4, -0.2) is 10.9 Å². The molecule has 0 atom stereocenters. The number of carbonyl (C=O) groups is 1. The Bertz CT molecular complexity index is 1600. The van der Waals surface area contributed by atoms with Gasteiger partial charge in [-0.05, 0) is 61.6 Å². The number of hydrogen-bond acceptors (Lipinski definition) is 2. The molecule has 6 rings (SSSR count). The molecule has 0 saturated carbocycles. The molecule has 0 fully saturated rings. The van der Waals surface area contributed by atoms with Crippen molar-refractivity contribution in [1.82, 2.24) is 0 Å². The van der Waals surface area contributed by atoms with Gasteiger partial charge >= 0.3 is 0 Å². The van der Waals surface area contributed by atoms with Crippen molar-refractivity contribution in [3.05, 3.63) is 114 Å². The predicted molar refractivity (Wildman–Crippen MR) is 127 cm³/mol. The van der Waals surface area contributed by atoms with Crippen LogP contribution in [0.5, 0.6) is 5.75 Å². The molecule has 0 bridgehead atoms. The first-order chi connectivity index (χ1) is 15.2. The number of hydrogen-bond donors (Lipinski definition) is 1. The van der Waals surface area contributed by atoms with E-state index < -0.39 is 0 Å². The fourth-order valence-electron chi connectivity index (χ4n) is 4.68. The minimum Gasteiger partial charge on any atom is -0.507 e. The normalized spacial score (nSPS) is 11.5. The van der Waals surface area contributed by atoms with Gasteiger partial charge in [-0.25, -0.2) is 0 Å². The lowest BCUT2D eigenvalue weighted by Crippen LogP contribution is -2.03. The summed E-state index contributed by atoms with van der Waals surface area (Å²) in [5.74, 6) is -0.163. The van der Waals surface area contributed by atoms with Crippen molar-refractivity contribution in [1.29, 1.82) is 0 Å². The van der Waals surface area contributed by atoms with E-state index in [2.05, 4.69) is 54.6 Å². The molecule has 0 aliphatic rings. The molecule has 1 N–H and O–H groups in total. The van der Waals surface area contributed by atoms with Gasteiger partial charge in [-0.15, -0.1) is 0 Å². The molecule has 0 aromatic heterocycles. The minimum atomic E-state index is -0.167. The van der Waals surface area contributed by atoms with E-state index >= 15 is 0 Å². The SMILES string of the molecule is O=C(c1ccccc1O)c1ccc2ccc3ccc(-c4ccccc4)c4ccc1c2c34. The summed E-state index contributed by atoms with van der Waals surface area (Å²) in [7, 11) is 0. The number of phenolic OH excluding ortho intramolecular Hbond substituents is 1. The van der Waals surface area contributed by atoms with Crippen LogP contribution in [-0.2, 0) is 0 Å². The van der Waals surface area contributed by atoms with Gasteiger partial charge in [0.25, 0.3) is 0 Å². The number of rotatable bonds is 3. The molecule has 0 heterocycles. The van der Waals surface area contributed by atoms with E-state index in [0.29, 0.717) is 11.1 Å². The van der Waals surface area contributed by atoms with Gasteiger partial charge in [-0.2, -0.15) is 0 Å². The average molecular weight is 398 g/mol. The summed E-state index contributed by atoms with van der Waals surface area (Å²) in [4.78, 5) is 13.3. The highest BCUT2D eigenvalue weighted by atomic mass is 16.3. The highest BCUT2D eigenvalue weighted by molar-refractivity contribution is 6.30. The van der Waals surface area contributed by atoms with Gasteiger partial charge in [-0.3, -0.25) is 4.79 Å². The smallest absolute Gasteiger partial charge is 0.197 e. The van der Waals surface area contributed by atoms with Gasteiger partial charge in [0.1, 0.15) is 5.75 Å². The number of carbonyl (C=O) groups excluding carboxylic acids is 1. The zero-order valence-corrected chi connectivity index (χ0v) is 16.7. The second kappa shape index (κ2) is 6.68. The van der Waals surface area contributed by atoms with E-state index in [9.17, 15) is 9.90 Å². The van der Waals surface area contributed by atoms with E-state index in [0.717, 1.165) is 21.5 Å². The maximum absolute atomic E-state index is 13.3. The Morgan fingerprint density at radius 1 is 0.548 bits per heavy atom. The van der Waals surface area contributed by atoms with Crippen molar-refractivity contribution in [2.75, 3.05) is 0 Å². The summed E-state index contributed by atoms with van der Waals surface area (Å²) in [6, 6.07) is 33.7. The Balaban J connectivity index is 1.69. The third-order valence-electron chi connectivity index (χ3n) is 6.14. The second-order valence-corrected chi connectivity index (χ2v) is 7.86. The zero-order valence-electron chi connectivity index (χ0n) is 16.7. The van der Waals surface area contributed by atoms with Gasteiger partial charge in [-0.1, -0.05) is 84.9 Å². The van der Waals surface area contributed by atoms with Crippen molar-refractivity contribution in [2.45, 2.75) is 0 Å². The Hall–Kier alpha value is -4.17. The van der Waals surface area contributed by atoms with Crippen LogP contribution in [0.25, 0.3) is 43.4 Å². The largest absolute Gasteiger partial charge is 0.507 e. The molecule has 0 aliphatic heterocycles. The molecular weight excluding hydrogens is 380 g/mol. The fourth-order valence-corrected chi connectivity index (χ4v) is 4.68. The quantitative estimate of drug-likeness (QED) is 0.253. The van der Waals surface area contributed by atoms with E-state index in [1.165, 1.54) is 21.9 Å². The Kier molecular flexibility index (Phi) is 3.81. The first kappa shape index (κ1) is 17.7. The lowest BCUT2D eigenvalue weighted by Gasteiger charge is -2.16. The summed E-state index contributed by atoms with van der Waals surface area (Å²) in [5, 5.41) is 16.8. The summed E-state index contributed by atoms with van der Waals surface area (Å²) in [6.07, 6.45) is 0. The number of aromatic hydroxyl groups is 1. The van der Waals surface area contributed by atoms with Gasteiger partial charge in [0.05, 0.1) is 5.56 Å². The Morgan fingerprint density at radius 3 is 1.94 bits per heavy atom. The standard InChI is InChI=1S/C29H18O2/c30-26-9-5-4-8-25(26)29(31)24-15-13-20-11-10-19-12-14-21(18-6-2-1-3-7-18)22-16-17-23(24)28(20)27(19)22/h1-17,30H. The second-order valence-electron chi connectivity index (χ2n) is 7.86. The summed E-state index contributed by atoms with van der Waals surface area (Å²) < 4.78 is 0. The Labute approximate surface area is 179 Å². The van der Waals surface area contributed by atoms with Crippen molar-refractivity contribution in [3.8, 4) is 16.9 Å².